The Morgan fingerprint density at radius 2 is 1.47 bits per heavy atom. The first-order chi connectivity index (χ1) is 17.7. The number of carbonyl (C=O) groups is 1. The number of thiazole rings is 1. The van der Waals surface area contributed by atoms with Crippen LogP contribution in [0.5, 0.6) is 0 Å². The van der Waals surface area contributed by atoms with E-state index in [0.717, 1.165) is 22.4 Å². The summed E-state index contributed by atoms with van der Waals surface area (Å²) in [4.78, 5) is 21.6. The lowest BCUT2D eigenvalue weighted by Gasteiger charge is -2.09. The normalized spacial score (nSPS) is 10.8. The van der Waals surface area contributed by atoms with Crippen molar-refractivity contribution in [3.8, 4) is 33.8 Å². The van der Waals surface area contributed by atoms with Gasteiger partial charge in [0.25, 0.3) is 0 Å². The number of hydrogen-bond acceptors (Lipinski definition) is 7. The van der Waals surface area contributed by atoms with E-state index in [9.17, 15) is 9.18 Å². The van der Waals surface area contributed by atoms with Crippen molar-refractivity contribution in [1.29, 1.82) is 0 Å². The Bertz CT molecular complexity index is 1460. The molecule has 3 aromatic carbocycles. The fourth-order valence-corrected chi connectivity index (χ4v) is 4.92. The van der Waals surface area contributed by atoms with Crippen LogP contribution in [0.3, 0.4) is 0 Å². The smallest absolute Gasteiger partial charge is 0.226 e. The van der Waals surface area contributed by atoms with Gasteiger partial charge in [0.05, 0.1) is 5.69 Å². The van der Waals surface area contributed by atoms with Gasteiger partial charge in [-0.2, -0.15) is 0 Å². The third-order valence-electron chi connectivity index (χ3n) is 5.21. The molecule has 0 aliphatic rings. The lowest BCUT2D eigenvalue weighted by molar-refractivity contribution is -0.115. The highest BCUT2D eigenvalue weighted by molar-refractivity contribution is 7.99. The quantitative estimate of drug-likeness (QED) is 0.236. The summed E-state index contributed by atoms with van der Waals surface area (Å²) in [5.74, 6) is 0.0345. The summed E-state index contributed by atoms with van der Waals surface area (Å²) in [5.41, 5.74) is 4.84. The molecule has 0 saturated heterocycles. The molecule has 1 amide bonds. The summed E-state index contributed by atoms with van der Waals surface area (Å²) >= 11 is 2.70. The Kier molecular flexibility index (Phi) is 7.39. The Labute approximate surface area is 215 Å². The van der Waals surface area contributed by atoms with Crippen molar-refractivity contribution in [2.45, 2.75) is 11.6 Å². The van der Waals surface area contributed by atoms with Gasteiger partial charge < -0.3 is 5.32 Å². The second-order valence-corrected chi connectivity index (χ2v) is 9.64. The Balaban J connectivity index is 1.23. The monoisotopic (exact) mass is 513 g/mol. The molecule has 1 N–H and O–H groups in total. The van der Waals surface area contributed by atoms with E-state index < -0.39 is 0 Å². The second-order valence-electron chi connectivity index (χ2n) is 7.72. The van der Waals surface area contributed by atoms with Crippen LogP contribution in [0.1, 0.15) is 6.42 Å². The van der Waals surface area contributed by atoms with Crippen molar-refractivity contribution in [2.24, 2.45) is 0 Å². The maximum Gasteiger partial charge on any atom is 0.226 e. The summed E-state index contributed by atoms with van der Waals surface area (Å²) in [7, 11) is 0. The SMILES string of the molecule is O=C(CCSc1nnc(-c2ccccc2)c(-c2ccccc2)n1)Nc1nc(-c2ccc(F)cc2)cs1. The molecule has 5 rings (SSSR count). The standard InChI is InChI=1S/C27H20FN5OS2/c28-21-13-11-18(12-14-21)22-17-36-26(29-22)30-23(34)15-16-35-27-31-24(19-7-3-1-4-8-19)25(32-33-27)20-9-5-2-6-10-20/h1-14,17H,15-16H2,(H,29,30,34). The molecule has 0 spiro atoms. The number of aromatic nitrogens is 4. The van der Waals surface area contributed by atoms with Crippen LogP contribution in [0.25, 0.3) is 33.8 Å². The van der Waals surface area contributed by atoms with Crippen LogP contribution in [0.2, 0.25) is 0 Å². The summed E-state index contributed by atoms with van der Waals surface area (Å²) < 4.78 is 13.1. The third kappa shape index (κ3) is 5.81. The molecule has 0 radical (unpaired) electrons. The Hall–Kier alpha value is -3.95. The van der Waals surface area contributed by atoms with Crippen molar-refractivity contribution < 1.29 is 9.18 Å². The maximum atomic E-state index is 13.1. The van der Waals surface area contributed by atoms with Crippen LogP contribution in [0, 0.1) is 5.82 Å². The molecule has 0 atom stereocenters. The number of thioether (sulfide) groups is 1. The van der Waals surface area contributed by atoms with Crippen LogP contribution in [-0.2, 0) is 4.79 Å². The number of rotatable bonds is 8. The number of benzene rings is 3. The number of amides is 1. The molecule has 36 heavy (non-hydrogen) atoms. The van der Waals surface area contributed by atoms with E-state index in [2.05, 4.69) is 20.5 Å². The number of hydrogen-bond donors (Lipinski definition) is 1. The van der Waals surface area contributed by atoms with Gasteiger partial charge in [0.1, 0.15) is 17.2 Å². The summed E-state index contributed by atoms with van der Waals surface area (Å²) in [5, 5.41) is 14.4. The van der Waals surface area contributed by atoms with Crippen LogP contribution < -0.4 is 5.32 Å². The fraction of sp³-hybridized carbons (Fsp3) is 0.0741. The minimum Gasteiger partial charge on any atom is -0.302 e. The molecular formula is C27H20FN5OS2. The number of nitrogens with zero attached hydrogens (tertiary/aromatic N) is 4. The Morgan fingerprint density at radius 1 is 0.806 bits per heavy atom. The summed E-state index contributed by atoms with van der Waals surface area (Å²) in [6.45, 7) is 0. The van der Waals surface area contributed by atoms with Crippen molar-refractivity contribution in [3.05, 3.63) is 96.1 Å². The third-order valence-corrected chi connectivity index (χ3v) is 6.81. The minimum atomic E-state index is -0.301. The van der Waals surface area contributed by atoms with E-state index in [4.69, 9.17) is 4.98 Å². The highest BCUT2D eigenvalue weighted by Gasteiger charge is 2.14. The van der Waals surface area contributed by atoms with Gasteiger partial charge in [0.2, 0.25) is 11.1 Å². The molecule has 2 heterocycles. The fourth-order valence-electron chi connectivity index (χ4n) is 3.46. The van der Waals surface area contributed by atoms with E-state index in [1.54, 1.807) is 12.1 Å². The lowest BCUT2D eigenvalue weighted by Crippen LogP contribution is -2.12. The molecule has 0 fully saturated rings. The summed E-state index contributed by atoms with van der Waals surface area (Å²) in [6.07, 6.45) is 0.264. The zero-order valence-electron chi connectivity index (χ0n) is 19.0. The zero-order chi connectivity index (χ0) is 24.7. The van der Waals surface area contributed by atoms with Gasteiger partial charge in [0, 0.05) is 34.2 Å². The van der Waals surface area contributed by atoms with Gasteiger partial charge in [-0.15, -0.1) is 21.5 Å². The first-order valence-electron chi connectivity index (χ1n) is 11.2. The molecule has 0 unspecified atom stereocenters. The van der Waals surface area contributed by atoms with Crippen LogP contribution in [0.4, 0.5) is 9.52 Å². The first kappa shape index (κ1) is 23.8. The molecule has 0 aliphatic heterocycles. The molecule has 0 bridgehead atoms. The topological polar surface area (TPSA) is 80.7 Å². The lowest BCUT2D eigenvalue weighted by atomic mass is 10.0. The number of carbonyl (C=O) groups excluding carboxylic acids is 1. The van der Waals surface area contributed by atoms with Crippen molar-refractivity contribution in [2.75, 3.05) is 11.1 Å². The molecule has 0 aliphatic carbocycles. The highest BCUT2D eigenvalue weighted by atomic mass is 32.2. The van der Waals surface area contributed by atoms with E-state index >= 15 is 0 Å². The van der Waals surface area contributed by atoms with Crippen molar-refractivity contribution in [3.63, 3.8) is 0 Å². The Morgan fingerprint density at radius 3 is 2.17 bits per heavy atom. The van der Waals surface area contributed by atoms with Gasteiger partial charge in [-0.1, -0.05) is 72.4 Å². The predicted octanol–water partition coefficient (Wildman–Crippen LogP) is 6.59. The number of anilines is 1. The molecule has 6 nitrogen and oxygen atoms in total. The van der Waals surface area contributed by atoms with Crippen LogP contribution in [0.15, 0.2) is 95.5 Å². The van der Waals surface area contributed by atoms with E-state index in [0.29, 0.717) is 27.4 Å². The van der Waals surface area contributed by atoms with Gasteiger partial charge in [-0.05, 0) is 24.3 Å². The van der Waals surface area contributed by atoms with E-state index in [1.807, 2.05) is 66.0 Å². The maximum absolute atomic E-state index is 13.1. The predicted molar refractivity (Wildman–Crippen MR) is 142 cm³/mol. The van der Waals surface area contributed by atoms with Crippen LogP contribution in [-0.4, -0.2) is 31.8 Å². The second kappa shape index (κ2) is 11.2. The highest BCUT2D eigenvalue weighted by Crippen LogP contribution is 2.30. The van der Waals surface area contributed by atoms with Gasteiger partial charge in [-0.25, -0.2) is 14.4 Å². The van der Waals surface area contributed by atoms with Gasteiger partial charge >= 0.3 is 0 Å². The average Bonchev–Trinajstić information content (AvgIpc) is 3.38. The average molecular weight is 514 g/mol. The number of nitrogens with one attached hydrogen (secondary N) is 1. The first-order valence-corrected chi connectivity index (χ1v) is 13.0. The van der Waals surface area contributed by atoms with Crippen LogP contribution >= 0.6 is 23.1 Å². The molecule has 5 aromatic rings. The molecular weight excluding hydrogens is 493 g/mol. The minimum absolute atomic E-state index is 0.153. The van der Waals surface area contributed by atoms with E-state index in [1.165, 1.54) is 35.2 Å². The summed E-state index contributed by atoms with van der Waals surface area (Å²) in [6, 6.07) is 25.8. The number of halogens is 1. The molecule has 9 heteroatoms. The van der Waals surface area contributed by atoms with Crippen molar-refractivity contribution in [1.82, 2.24) is 20.2 Å². The molecule has 2 aromatic heterocycles. The van der Waals surface area contributed by atoms with Gasteiger partial charge in [-0.3, -0.25) is 4.79 Å². The molecule has 178 valence electrons. The van der Waals surface area contributed by atoms with E-state index in [-0.39, 0.29) is 18.1 Å². The zero-order valence-corrected chi connectivity index (χ0v) is 20.6. The largest absolute Gasteiger partial charge is 0.302 e. The molecule has 0 saturated carbocycles. The van der Waals surface area contributed by atoms with Crippen molar-refractivity contribution >= 4 is 34.1 Å². The van der Waals surface area contributed by atoms with Gasteiger partial charge in [0.15, 0.2) is 5.13 Å².